The lowest BCUT2D eigenvalue weighted by atomic mass is 9.90. The predicted molar refractivity (Wildman–Crippen MR) is 54.2 cm³/mol. The first-order valence-corrected chi connectivity index (χ1v) is 5.46. The van der Waals surface area contributed by atoms with Crippen molar-refractivity contribution in [1.82, 2.24) is 14.9 Å². The zero-order valence-corrected chi connectivity index (χ0v) is 9.52. The van der Waals surface area contributed by atoms with Gasteiger partial charge < -0.3 is 5.32 Å². The Kier molecular flexibility index (Phi) is 2.69. The van der Waals surface area contributed by atoms with Crippen molar-refractivity contribution in [1.29, 1.82) is 0 Å². The third-order valence-corrected chi connectivity index (χ3v) is 3.45. The highest BCUT2D eigenvalue weighted by Crippen LogP contribution is 2.40. The van der Waals surface area contributed by atoms with E-state index in [9.17, 15) is 18.0 Å². The SMILES string of the molecule is CC1(c2cnns2)NC(=O)C=C1CC(F)(F)F. The number of alkyl halides is 3. The standard InChI is InChI=1S/C9H8F3N3OS/c1-8(6-4-13-15-17-6)5(2-7(16)14-8)3-9(10,11)12/h2,4H,3H2,1H3,(H,14,16). The van der Waals surface area contributed by atoms with Crippen LogP contribution < -0.4 is 5.32 Å². The van der Waals surface area contributed by atoms with Gasteiger partial charge in [-0.05, 0) is 24.0 Å². The van der Waals surface area contributed by atoms with Crippen molar-refractivity contribution in [2.24, 2.45) is 0 Å². The number of rotatable bonds is 2. The van der Waals surface area contributed by atoms with Gasteiger partial charge in [-0.25, -0.2) is 0 Å². The van der Waals surface area contributed by atoms with Crippen LogP contribution in [0.25, 0.3) is 0 Å². The second-order valence-corrected chi connectivity index (χ2v) is 4.64. The summed E-state index contributed by atoms with van der Waals surface area (Å²) in [5.41, 5.74) is -1.16. The van der Waals surface area contributed by atoms with Crippen molar-refractivity contribution < 1.29 is 18.0 Å². The molecule has 92 valence electrons. The molecular formula is C9H8F3N3OS. The molecule has 1 aliphatic rings. The molecule has 0 spiro atoms. The summed E-state index contributed by atoms with van der Waals surface area (Å²) in [4.78, 5) is 11.7. The summed E-state index contributed by atoms with van der Waals surface area (Å²) in [6, 6.07) is 0. The van der Waals surface area contributed by atoms with Crippen molar-refractivity contribution >= 4 is 17.4 Å². The maximum absolute atomic E-state index is 12.4. The van der Waals surface area contributed by atoms with E-state index in [1.807, 2.05) is 0 Å². The van der Waals surface area contributed by atoms with Gasteiger partial charge in [0.2, 0.25) is 5.91 Å². The molecule has 2 heterocycles. The van der Waals surface area contributed by atoms with E-state index in [0.717, 1.165) is 17.6 Å². The summed E-state index contributed by atoms with van der Waals surface area (Å²) in [5.74, 6) is -0.528. The summed E-state index contributed by atoms with van der Waals surface area (Å²) in [6.45, 7) is 1.52. The monoisotopic (exact) mass is 263 g/mol. The van der Waals surface area contributed by atoms with E-state index in [-0.39, 0.29) is 5.57 Å². The van der Waals surface area contributed by atoms with Crippen LogP contribution in [0.2, 0.25) is 0 Å². The van der Waals surface area contributed by atoms with Crippen LogP contribution in [0.4, 0.5) is 13.2 Å². The highest BCUT2D eigenvalue weighted by atomic mass is 32.1. The lowest BCUT2D eigenvalue weighted by Gasteiger charge is -2.26. The van der Waals surface area contributed by atoms with Crippen LogP contribution in [0.1, 0.15) is 18.2 Å². The summed E-state index contributed by atoms with van der Waals surface area (Å²) in [7, 11) is 0. The number of carbonyl (C=O) groups is 1. The third kappa shape index (κ3) is 2.31. The normalized spacial score (nSPS) is 24.7. The Morgan fingerprint density at radius 2 is 2.24 bits per heavy atom. The number of aromatic nitrogens is 2. The quantitative estimate of drug-likeness (QED) is 0.884. The Bertz CT molecular complexity index is 468. The van der Waals surface area contributed by atoms with Gasteiger partial charge in [0.1, 0.15) is 0 Å². The molecule has 1 aliphatic heterocycles. The van der Waals surface area contributed by atoms with E-state index in [4.69, 9.17) is 0 Å². The summed E-state index contributed by atoms with van der Waals surface area (Å²) in [6.07, 6.45) is -3.12. The largest absolute Gasteiger partial charge is 0.392 e. The van der Waals surface area contributed by atoms with Gasteiger partial charge >= 0.3 is 6.18 Å². The van der Waals surface area contributed by atoms with E-state index >= 15 is 0 Å². The molecule has 0 radical (unpaired) electrons. The highest BCUT2D eigenvalue weighted by molar-refractivity contribution is 7.05. The molecule has 0 aromatic carbocycles. The molecule has 1 aromatic heterocycles. The third-order valence-electron chi connectivity index (χ3n) is 2.57. The van der Waals surface area contributed by atoms with Crippen LogP contribution in [-0.2, 0) is 10.3 Å². The Balaban J connectivity index is 2.35. The number of amides is 1. The van der Waals surface area contributed by atoms with Crippen LogP contribution in [-0.4, -0.2) is 21.7 Å². The Labute approximate surface area is 98.7 Å². The number of nitrogens with zero attached hydrogens (tertiary/aromatic N) is 2. The second kappa shape index (κ2) is 3.80. The average Bonchev–Trinajstić information content (AvgIpc) is 2.73. The van der Waals surface area contributed by atoms with Crippen molar-refractivity contribution in [3.8, 4) is 0 Å². The fourth-order valence-corrected chi connectivity index (χ4v) is 2.36. The van der Waals surface area contributed by atoms with Crippen molar-refractivity contribution in [2.45, 2.75) is 25.1 Å². The number of hydrogen-bond donors (Lipinski definition) is 1. The Hall–Kier alpha value is -1.44. The van der Waals surface area contributed by atoms with E-state index in [1.165, 1.54) is 13.1 Å². The summed E-state index contributed by atoms with van der Waals surface area (Å²) in [5, 5.41) is 6.08. The van der Waals surface area contributed by atoms with Crippen LogP contribution in [0.15, 0.2) is 17.8 Å². The zero-order chi connectivity index (χ0) is 12.7. The first-order chi connectivity index (χ1) is 7.81. The van der Waals surface area contributed by atoms with Gasteiger partial charge in [0, 0.05) is 6.08 Å². The Morgan fingerprint density at radius 3 is 2.76 bits per heavy atom. The van der Waals surface area contributed by atoms with E-state index in [0.29, 0.717) is 4.88 Å². The molecule has 1 aromatic rings. The Morgan fingerprint density at radius 1 is 1.53 bits per heavy atom. The molecular weight excluding hydrogens is 255 g/mol. The molecule has 0 bridgehead atoms. The average molecular weight is 263 g/mol. The van der Waals surface area contributed by atoms with E-state index in [1.54, 1.807) is 0 Å². The van der Waals surface area contributed by atoms with Gasteiger partial charge in [0.15, 0.2) is 0 Å². The maximum Gasteiger partial charge on any atom is 0.392 e. The summed E-state index contributed by atoms with van der Waals surface area (Å²) < 4.78 is 40.8. The fourth-order valence-electron chi connectivity index (χ4n) is 1.72. The van der Waals surface area contributed by atoms with Gasteiger partial charge in [0.05, 0.1) is 23.0 Å². The molecule has 1 unspecified atom stereocenters. The molecule has 17 heavy (non-hydrogen) atoms. The first kappa shape index (κ1) is 12.0. The minimum absolute atomic E-state index is 0.0129. The lowest BCUT2D eigenvalue weighted by Crippen LogP contribution is -2.39. The van der Waals surface area contributed by atoms with Crippen molar-refractivity contribution in [3.05, 3.63) is 22.7 Å². The van der Waals surface area contributed by atoms with Crippen LogP contribution >= 0.6 is 11.5 Å². The van der Waals surface area contributed by atoms with Gasteiger partial charge in [-0.2, -0.15) is 13.2 Å². The van der Waals surface area contributed by atoms with Crippen LogP contribution in [0.3, 0.4) is 0 Å². The number of hydrogen-bond acceptors (Lipinski definition) is 4. The van der Waals surface area contributed by atoms with Gasteiger partial charge in [-0.15, -0.1) is 5.10 Å². The number of nitrogens with one attached hydrogen (secondary N) is 1. The molecule has 2 rings (SSSR count). The van der Waals surface area contributed by atoms with Crippen LogP contribution in [0, 0.1) is 0 Å². The van der Waals surface area contributed by atoms with Gasteiger partial charge in [-0.3, -0.25) is 4.79 Å². The van der Waals surface area contributed by atoms with E-state index in [2.05, 4.69) is 14.9 Å². The van der Waals surface area contributed by atoms with Crippen LogP contribution in [0.5, 0.6) is 0 Å². The predicted octanol–water partition coefficient (Wildman–Crippen LogP) is 1.76. The van der Waals surface area contributed by atoms with Gasteiger partial charge in [-0.1, -0.05) is 4.49 Å². The highest BCUT2D eigenvalue weighted by Gasteiger charge is 2.44. The topological polar surface area (TPSA) is 54.9 Å². The molecule has 1 N–H and O–H groups in total. The molecule has 1 amide bonds. The smallest absolute Gasteiger partial charge is 0.339 e. The molecule has 1 atom stereocenters. The molecule has 0 fully saturated rings. The minimum atomic E-state index is -4.35. The number of carbonyl (C=O) groups excluding carboxylic acids is 1. The molecule has 0 aliphatic carbocycles. The number of halogens is 3. The fraction of sp³-hybridized carbons (Fsp3) is 0.444. The van der Waals surface area contributed by atoms with Crippen molar-refractivity contribution in [2.75, 3.05) is 0 Å². The zero-order valence-electron chi connectivity index (χ0n) is 8.71. The van der Waals surface area contributed by atoms with Gasteiger partial charge in [0.25, 0.3) is 0 Å². The first-order valence-electron chi connectivity index (χ1n) is 4.69. The lowest BCUT2D eigenvalue weighted by molar-refractivity contribution is -0.128. The maximum atomic E-state index is 12.4. The summed E-state index contributed by atoms with van der Waals surface area (Å²) >= 11 is 0.967. The second-order valence-electron chi connectivity index (χ2n) is 3.86. The molecule has 0 saturated carbocycles. The van der Waals surface area contributed by atoms with Crippen molar-refractivity contribution in [3.63, 3.8) is 0 Å². The molecule has 0 saturated heterocycles. The molecule has 4 nitrogen and oxygen atoms in total. The minimum Gasteiger partial charge on any atom is -0.339 e. The van der Waals surface area contributed by atoms with E-state index < -0.39 is 24.0 Å². The molecule has 8 heteroatoms.